The van der Waals surface area contributed by atoms with E-state index in [9.17, 15) is 9.59 Å². The predicted molar refractivity (Wildman–Crippen MR) is 60.7 cm³/mol. The lowest BCUT2D eigenvalue weighted by Crippen LogP contribution is -2.53. The minimum Gasteiger partial charge on any atom is -0.480 e. The summed E-state index contributed by atoms with van der Waals surface area (Å²) < 4.78 is 5.08. The Balaban J connectivity index is 4.21. The molecule has 7 heteroatoms. The van der Waals surface area contributed by atoms with Crippen LogP contribution in [0.4, 0.5) is 4.79 Å². The number of carbonyl (C=O) groups excluding carboxylic acids is 1. The summed E-state index contributed by atoms with van der Waals surface area (Å²) in [6.07, 6.45) is -1.17. The first-order chi connectivity index (χ1) is 7.69. The van der Waals surface area contributed by atoms with Crippen LogP contribution in [0, 0.1) is 0 Å². The molecule has 2 atom stereocenters. The number of hydrogen-bond donors (Lipinski definition) is 4. The summed E-state index contributed by atoms with van der Waals surface area (Å²) in [6, 6.07) is -2.00. The standard InChI is InChI=1S/C10H20N2O5/c1-6(13)7(8(14)15)12-9(16)11-5-10(2,3)17-4/h6-7,13H,5H2,1-4H3,(H,14,15)(H2,11,12,16). The van der Waals surface area contributed by atoms with E-state index >= 15 is 0 Å². The molecule has 0 saturated heterocycles. The molecular weight excluding hydrogens is 228 g/mol. The zero-order valence-corrected chi connectivity index (χ0v) is 10.5. The summed E-state index contributed by atoms with van der Waals surface area (Å²) in [5, 5.41) is 22.5. The summed E-state index contributed by atoms with van der Waals surface area (Å²) in [4.78, 5) is 22.1. The van der Waals surface area contributed by atoms with E-state index in [2.05, 4.69) is 10.6 Å². The number of amides is 2. The van der Waals surface area contributed by atoms with Crippen LogP contribution in [-0.2, 0) is 9.53 Å². The summed E-state index contributed by atoms with van der Waals surface area (Å²) in [5.41, 5.74) is -0.541. The van der Waals surface area contributed by atoms with Gasteiger partial charge in [0.1, 0.15) is 0 Å². The third kappa shape index (κ3) is 6.08. The monoisotopic (exact) mass is 248 g/mol. The maximum Gasteiger partial charge on any atom is 0.328 e. The quantitative estimate of drug-likeness (QED) is 0.509. The minimum atomic E-state index is -1.33. The van der Waals surface area contributed by atoms with Gasteiger partial charge in [0.25, 0.3) is 0 Å². The van der Waals surface area contributed by atoms with E-state index in [4.69, 9.17) is 14.9 Å². The van der Waals surface area contributed by atoms with E-state index in [0.29, 0.717) is 0 Å². The van der Waals surface area contributed by atoms with Gasteiger partial charge in [0, 0.05) is 13.7 Å². The molecule has 0 aliphatic rings. The first kappa shape index (κ1) is 15.7. The molecule has 0 aromatic rings. The molecule has 0 rings (SSSR count). The van der Waals surface area contributed by atoms with Crippen molar-refractivity contribution in [1.82, 2.24) is 10.6 Å². The van der Waals surface area contributed by atoms with Crippen molar-refractivity contribution < 1.29 is 24.5 Å². The lowest BCUT2D eigenvalue weighted by molar-refractivity contribution is -0.141. The van der Waals surface area contributed by atoms with Crippen molar-refractivity contribution in [2.75, 3.05) is 13.7 Å². The number of aliphatic hydroxyl groups excluding tert-OH is 1. The zero-order valence-electron chi connectivity index (χ0n) is 10.5. The Bertz CT molecular complexity index is 278. The van der Waals surface area contributed by atoms with Crippen molar-refractivity contribution in [3.63, 3.8) is 0 Å². The molecule has 0 aromatic heterocycles. The van der Waals surface area contributed by atoms with Crippen molar-refractivity contribution >= 4 is 12.0 Å². The highest BCUT2D eigenvalue weighted by Crippen LogP contribution is 2.04. The van der Waals surface area contributed by atoms with E-state index in [0.717, 1.165) is 0 Å². The number of methoxy groups -OCH3 is 1. The van der Waals surface area contributed by atoms with Gasteiger partial charge < -0.3 is 25.6 Å². The fraction of sp³-hybridized carbons (Fsp3) is 0.800. The summed E-state index contributed by atoms with van der Waals surface area (Å²) >= 11 is 0. The molecule has 0 fully saturated rings. The van der Waals surface area contributed by atoms with Gasteiger partial charge in [-0.25, -0.2) is 9.59 Å². The number of aliphatic carboxylic acids is 1. The van der Waals surface area contributed by atoms with Crippen LogP contribution in [0.5, 0.6) is 0 Å². The van der Waals surface area contributed by atoms with Crippen molar-refractivity contribution in [3.05, 3.63) is 0 Å². The fourth-order valence-electron chi connectivity index (χ4n) is 0.946. The Labute approximate surface area is 100 Å². The number of aliphatic hydroxyl groups is 1. The van der Waals surface area contributed by atoms with Crippen molar-refractivity contribution in [1.29, 1.82) is 0 Å². The maximum atomic E-state index is 11.4. The number of carboxylic acids is 1. The van der Waals surface area contributed by atoms with Crippen molar-refractivity contribution in [2.24, 2.45) is 0 Å². The van der Waals surface area contributed by atoms with E-state index in [-0.39, 0.29) is 6.54 Å². The molecule has 0 radical (unpaired) electrons. The molecule has 0 spiro atoms. The molecule has 2 amide bonds. The van der Waals surface area contributed by atoms with Gasteiger partial charge in [-0.1, -0.05) is 0 Å². The molecule has 7 nitrogen and oxygen atoms in total. The lowest BCUT2D eigenvalue weighted by Gasteiger charge is -2.24. The molecular formula is C10H20N2O5. The Kier molecular flexibility index (Phi) is 5.90. The van der Waals surface area contributed by atoms with Crippen LogP contribution < -0.4 is 10.6 Å². The number of rotatable bonds is 6. The second kappa shape index (κ2) is 6.41. The molecule has 0 aliphatic heterocycles. The molecule has 0 heterocycles. The average molecular weight is 248 g/mol. The first-order valence-corrected chi connectivity index (χ1v) is 5.20. The number of carbonyl (C=O) groups is 2. The SMILES string of the molecule is COC(C)(C)CNC(=O)NC(C(=O)O)C(C)O. The second-order valence-corrected chi connectivity index (χ2v) is 4.35. The van der Waals surface area contributed by atoms with Crippen molar-refractivity contribution in [2.45, 2.75) is 38.5 Å². The Morgan fingerprint density at radius 3 is 2.29 bits per heavy atom. The molecule has 17 heavy (non-hydrogen) atoms. The third-order valence-electron chi connectivity index (χ3n) is 2.26. The van der Waals surface area contributed by atoms with E-state index in [1.165, 1.54) is 14.0 Å². The molecule has 100 valence electrons. The summed E-state index contributed by atoms with van der Waals surface area (Å²) in [7, 11) is 1.51. The fourth-order valence-corrected chi connectivity index (χ4v) is 0.946. The lowest BCUT2D eigenvalue weighted by atomic mass is 10.1. The highest BCUT2D eigenvalue weighted by molar-refractivity contribution is 5.82. The molecule has 0 aliphatic carbocycles. The zero-order chi connectivity index (χ0) is 13.6. The maximum absolute atomic E-state index is 11.4. The van der Waals surface area contributed by atoms with E-state index in [1.807, 2.05) is 0 Å². The Morgan fingerprint density at radius 2 is 1.94 bits per heavy atom. The molecule has 0 bridgehead atoms. The van der Waals surface area contributed by atoms with E-state index < -0.39 is 29.7 Å². The molecule has 0 saturated carbocycles. The van der Waals surface area contributed by atoms with Gasteiger partial charge in [-0.2, -0.15) is 0 Å². The second-order valence-electron chi connectivity index (χ2n) is 4.35. The summed E-state index contributed by atoms with van der Waals surface area (Å²) in [5.74, 6) is -1.29. The van der Waals surface area contributed by atoms with Crippen molar-refractivity contribution in [3.8, 4) is 0 Å². The Hall–Kier alpha value is -1.34. The van der Waals surface area contributed by atoms with Gasteiger partial charge in [-0.05, 0) is 20.8 Å². The minimum absolute atomic E-state index is 0.224. The van der Waals surface area contributed by atoms with Crippen LogP contribution in [-0.4, -0.2) is 53.6 Å². The van der Waals surface area contributed by atoms with Crippen LogP contribution in [0.2, 0.25) is 0 Å². The number of urea groups is 1. The number of carboxylic acid groups (broad SMARTS) is 1. The van der Waals surface area contributed by atoms with Crippen LogP contribution in [0.1, 0.15) is 20.8 Å². The first-order valence-electron chi connectivity index (χ1n) is 5.20. The third-order valence-corrected chi connectivity index (χ3v) is 2.26. The highest BCUT2D eigenvalue weighted by Gasteiger charge is 2.25. The normalized spacial score (nSPS) is 14.9. The van der Waals surface area contributed by atoms with Crippen LogP contribution >= 0.6 is 0 Å². The smallest absolute Gasteiger partial charge is 0.328 e. The number of nitrogens with one attached hydrogen (secondary N) is 2. The molecule has 4 N–H and O–H groups in total. The van der Waals surface area contributed by atoms with Crippen LogP contribution in [0.25, 0.3) is 0 Å². The largest absolute Gasteiger partial charge is 0.480 e. The molecule has 0 aromatic carbocycles. The summed E-state index contributed by atoms with van der Waals surface area (Å²) in [6.45, 7) is 5.06. The average Bonchev–Trinajstić information content (AvgIpc) is 2.22. The van der Waals surface area contributed by atoms with Gasteiger partial charge in [0.05, 0.1) is 11.7 Å². The predicted octanol–water partition coefficient (Wildman–Crippen LogP) is -0.455. The van der Waals surface area contributed by atoms with Gasteiger partial charge >= 0.3 is 12.0 Å². The van der Waals surface area contributed by atoms with Gasteiger partial charge in [0.15, 0.2) is 6.04 Å². The number of ether oxygens (including phenoxy) is 1. The molecule has 2 unspecified atom stereocenters. The van der Waals surface area contributed by atoms with E-state index in [1.54, 1.807) is 13.8 Å². The van der Waals surface area contributed by atoms with Gasteiger partial charge in [-0.15, -0.1) is 0 Å². The van der Waals surface area contributed by atoms with Crippen LogP contribution in [0.15, 0.2) is 0 Å². The topological polar surface area (TPSA) is 108 Å². The van der Waals surface area contributed by atoms with Crippen LogP contribution in [0.3, 0.4) is 0 Å². The van der Waals surface area contributed by atoms with Gasteiger partial charge in [0.2, 0.25) is 0 Å². The number of hydrogen-bond acceptors (Lipinski definition) is 4. The Morgan fingerprint density at radius 1 is 1.41 bits per heavy atom. The highest BCUT2D eigenvalue weighted by atomic mass is 16.5. The van der Waals surface area contributed by atoms with Gasteiger partial charge in [-0.3, -0.25) is 0 Å².